The second-order valence-electron chi connectivity index (χ2n) is 5.53. The van der Waals surface area contributed by atoms with Crippen molar-refractivity contribution < 1.29 is 13.6 Å². The number of carbonyl (C=O) groups is 1. The highest BCUT2D eigenvalue weighted by molar-refractivity contribution is 6.05. The zero-order valence-electron chi connectivity index (χ0n) is 12.0. The zero-order valence-corrected chi connectivity index (χ0v) is 12.0. The van der Waals surface area contributed by atoms with E-state index in [1.165, 1.54) is 12.3 Å². The van der Waals surface area contributed by atoms with Gasteiger partial charge in [0.2, 0.25) is 0 Å². The van der Waals surface area contributed by atoms with Crippen LogP contribution in [0.5, 0.6) is 0 Å². The maximum Gasteiger partial charge on any atom is 0.257 e. The van der Waals surface area contributed by atoms with E-state index in [0.29, 0.717) is 17.6 Å². The smallest absolute Gasteiger partial charge is 0.257 e. The van der Waals surface area contributed by atoms with Gasteiger partial charge in [-0.15, -0.1) is 0 Å². The Morgan fingerprint density at radius 3 is 2.78 bits per heavy atom. The fraction of sp³-hybridized carbons (Fsp3) is 0.188. The van der Waals surface area contributed by atoms with Gasteiger partial charge < -0.3 is 9.88 Å². The molecule has 0 aliphatic heterocycles. The molecule has 0 unspecified atom stereocenters. The molecule has 1 aliphatic rings. The van der Waals surface area contributed by atoms with E-state index in [1.54, 1.807) is 12.4 Å². The number of anilines is 1. The number of halogens is 2. The van der Waals surface area contributed by atoms with E-state index in [-0.39, 0.29) is 11.3 Å². The van der Waals surface area contributed by atoms with E-state index in [4.69, 9.17) is 0 Å². The SMILES string of the molecule is O=C(Nc1ccc(F)cc1F)c1cnc2c(c1)ncn2C1CC1. The van der Waals surface area contributed by atoms with Gasteiger partial charge in [-0.2, -0.15) is 0 Å². The number of pyridine rings is 1. The Balaban J connectivity index is 1.61. The third-order valence-corrected chi connectivity index (χ3v) is 3.79. The van der Waals surface area contributed by atoms with Crippen LogP contribution in [0.4, 0.5) is 14.5 Å². The number of hydrogen-bond acceptors (Lipinski definition) is 3. The molecule has 1 aliphatic carbocycles. The van der Waals surface area contributed by atoms with Crippen molar-refractivity contribution in [2.45, 2.75) is 18.9 Å². The fourth-order valence-electron chi connectivity index (χ4n) is 2.45. The standard InChI is InChI=1S/C16H12F2N4O/c17-10-1-4-13(12(18)6-10)21-16(23)9-5-14-15(19-7-9)22(8-20-14)11-2-3-11/h1,4-8,11H,2-3H2,(H,21,23). The summed E-state index contributed by atoms with van der Waals surface area (Å²) in [5, 5.41) is 2.41. The number of aromatic nitrogens is 3. The molecular formula is C16H12F2N4O. The lowest BCUT2D eigenvalue weighted by Crippen LogP contribution is -2.13. The number of hydrogen-bond donors (Lipinski definition) is 1. The second kappa shape index (κ2) is 5.12. The molecule has 2 aromatic heterocycles. The summed E-state index contributed by atoms with van der Waals surface area (Å²) in [6.07, 6.45) is 5.37. The number of fused-ring (bicyclic) bond motifs is 1. The number of nitrogens with zero attached hydrogens (tertiary/aromatic N) is 3. The highest BCUT2D eigenvalue weighted by atomic mass is 19.1. The van der Waals surface area contributed by atoms with Gasteiger partial charge in [-0.05, 0) is 31.0 Å². The lowest BCUT2D eigenvalue weighted by atomic mass is 10.2. The maximum absolute atomic E-state index is 13.6. The molecule has 1 amide bonds. The van der Waals surface area contributed by atoms with E-state index in [9.17, 15) is 13.6 Å². The first-order valence-electron chi connectivity index (χ1n) is 7.21. The molecule has 5 nitrogen and oxygen atoms in total. The maximum atomic E-state index is 13.6. The van der Waals surface area contributed by atoms with Crippen molar-refractivity contribution in [3.63, 3.8) is 0 Å². The van der Waals surface area contributed by atoms with Crippen molar-refractivity contribution in [3.8, 4) is 0 Å². The van der Waals surface area contributed by atoms with Gasteiger partial charge in [-0.25, -0.2) is 18.7 Å². The van der Waals surface area contributed by atoms with Crippen LogP contribution in [0.2, 0.25) is 0 Å². The Bertz CT molecular complexity index is 918. The summed E-state index contributed by atoms with van der Waals surface area (Å²) in [6, 6.07) is 5.03. The third kappa shape index (κ3) is 2.54. The Morgan fingerprint density at radius 2 is 2.04 bits per heavy atom. The molecule has 0 saturated heterocycles. The lowest BCUT2D eigenvalue weighted by Gasteiger charge is -2.06. The van der Waals surface area contributed by atoms with Crippen molar-refractivity contribution in [2.75, 3.05) is 5.32 Å². The number of rotatable bonds is 3. The molecule has 4 rings (SSSR count). The van der Waals surface area contributed by atoms with Crippen molar-refractivity contribution in [1.82, 2.24) is 14.5 Å². The average Bonchev–Trinajstić information content (AvgIpc) is 3.29. The predicted molar refractivity (Wildman–Crippen MR) is 80.1 cm³/mol. The van der Waals surface area contributed by atoms with Crippen LogP contribution < -0.4 is 5.32 Å². The molecule has 3 aromatic rings. The molecule has 1 N–H and O–H groups in total. The van der Waals surface area contributed by atoms with Crippen LogP contribution in [0.15, 0.2) is 36.8 Å². The number of benzene rings is 1. The van der Waals surface area contributed by atoms with Crippen molar-refractivity contribution >= 4 is 22.8 Å². The van der Waals surface area contributed by atoms with E-state index in [2.05, 4.69) is 15.3 Å². The molecular weight excluding hydrogens is 302 g/mol. The topological polar surface area (TPSA) is 59.8 Å². The molecule has 0 bridgehead atoms. The normalized spacial score (nSPS) is 14.2. The Morgan fingerprint density at radius 1 is 1.22 bits per heavy atom. The van der Waals surface area contributed by atoms with Crippen LogP contribution in [0.25, 0.3) is 11.2 Å². The first-order chi connectivity index (χ1) is 11.1. The quantitative estimate of drug-likeness (QED) is 0.807. The zero-order chi connectivity index (χ0) is 16.0. The minimum atomic E-state index is -0.828. The lowest BCUT2D eigenvalue weighted by molar-refractivity contribution is 0.102. The first-order valence-corrected chi connectivity index (χ1v) is 7.21. The van der Waals surface area contributed by atoms with Gasteiger partial charge in [0.15, 0.2) is 5.65 Å². The summed E-state index contributed by atoms with van der Waals surface area (Å²) >= 11 is 0. The van der Waals surface area contributed by atoms with Crippen LogP contribution in [-0.4, -0.2) is 20.4 Å². The van der Waals surface area contributed by atoms with E-state index < -0.39 is 17.5 Å². The van der Waals surface area contributed by atoms with Gasteiger partial charge in [0.25, 0.3) is 5.91 Å². The van der Waals surface area contributed by atoms with E-state index in [0.717, 1.165) is 24.6 Å². The van der Waals surface area contributed by atoms with Gasteiger partial charge in [0.1, 0.15) is 17.2 Å². The first kappa shape index (κ1) is 13.8. The molecule has 23 heavy (non-hydrogen) atoms. The molecule has 0 spiro atoms. The molecule has 7 heteroatoms. The average molecular weight is 314 g/mol. The number of amides is 1. The van der Waals surface area contributed by atoms with Crippen molar-refractivity contribution in [1.29, 1.82) is 0 Å². The van der Waals surface area contributed by atoms with Crippen LogP contribution >= 0.6 is 0 Å². The predicted octanol–water partition coefficient (Wildman–Crippen LogP) is 3.30. The van der Waals surface area contributed by atoms with Gasteiger partial charge in [-0.1, -0.05) is 0 Å². The number of imidazole rings is 1. The molecule has 116 valence electrons. The van der Waals surface area contributed by atoms with E-state index in [1.807, 2.05) is 4.57 Å². The van der Waals surface area contributed by atoms with Gasteiger partial charge in [0, 0.05) is 18.3 Å². The van der Waals surface area contributed by atoms with Gasteiger partial charge in [0.05, 0.1) is 17.6 Å². The highest BCUT2D eigenvalue weighted by Gasteiger charge is 2.25. The Labute approximate surface area is 130 Å². The van der Waals surface area contributed by atoms with Crippen LogP contribution in [0.3, 0.4) is 0 Å². The van der Waals surface area contributed by atoms with Gasteiger partial charge in [-0.3, -0.25) is 4.79 Å². The van der Waals surface area contributed by atoms with Crippen molar-refractivity contribution in [2.24, 2.45) is 0 Å². The Kier molecular flexibility index (Phi) is 3.07. The monoisotopic (exact) mass is 314 g/mol. The van der Waals surface area contributed by atoms with Crippen LogP contribution in [0.1, 0.15) is 29.2 Å². The molecule has 1 saturated carbocycles. The molecule has 0 radical (unpaired) electrons. The van der Waals surface area contributed by atoms with Crippen LogP contribution in [0, 0.1) is 11.6 Å². The summed E-state index contributed by atoms with van der Waals surface area (Å²) in [7, 11) is 0. The second-order valence-corrected chi connectivity index (χ2v) is 5.53. The summed E-state index contributed by atoms with van der Waals surface area (Å²) in [5.41, 5.74) is 1.53. The number of nitrogens with one attached hydrogen (secondary N) is 1. The highest BCUT2D eigenvalue weighted by Crippen LogP contribution is 2.36. The summed E-state index contributed by atoms with van der Waals surface area (Å²) in [5.74, 6) is -2.05. The fourth-order valence-corrected chi connectivity index (χ4v) is 2.45. The minimum absolute atomic E-state index is 0.0833. The van der Waals surface area contributed by atoms with Crippen molar-refractivity contribution in [3.05, 3.63) is 54.0 Å². The molecule has 1 fully saturated rings. The minimum Gasteiger partial charge on any atom is -0.319 e. The van der Waals surface area contributed by atoms with Gasteiger partial charge >= 0.3 is 0 Å². The number of carbonyl (C=O) groups excluding carboxylic acids is 1. The van der Waals surface area contributed by atoms with E-state index >= 15 is 0 Å². The molecule has 0 atom stereocenters. The molecule has 2 heterocycles. The summed E-state index contributed by atoms with van der Waals surface area (Å²) in [6.45, 7) is 0. The largest absolute Gasteiger partial charge is 0.319 e. The third-order valence-electron chi connectivity index (χ3n) is 3.79. The summed E-state index contributed by atoms with van der Waals surface area (Å²) in [4.78, 5) is 20.7. The van der Waals surface area contributed by atoms with Crippen LogP contribution in [-0.2, 0) is 0 Å². The Hall–Kier alpha value is -2.83. The summed E-state index contributed by atoms with van der Waals surface area (Å²) < 4.78 is 28.5. The molecule has 1 aromatic carbocycles.